The first-order valence-electron chi connectivity index (χ1n) is 8.48. The van der Waals surface area contributed by atoms with Crippen LogP contribution in [0.3, 0.4) is 0 Å². The van der Waals surface area contributed by atoms with Crippen LogP contribution in [0.25, 0.3) is 11.0 Å². The summed E-state index contributed by atoms with van der Waals surface area (Å²) >= 11 is 0. The van der Waals surface area contributed by atoms with Crippen molar-refractivity contribution in [3.05, 3.63) is 18.6 Å². The standard InChI is InChI=1S/C16H23N5O2S/c1-3-24(22,23)21-8-11-6-13(7-12(11)9-21)20(2)16-14-4-5-17-15(14)18-10-19-16/h4-5,10-13H,3,6-9H2,1-2H3,(H,17,18,19)/t11-,12+,13?. The van der Waals surface area contributed by atoms with Gasteiger partial charge in [0, 0.05) is 32.4 Å². The van der Waals surface area contributed by atoms with Crippen molar-refractivity contribution in [2.45, 2.75) is 25.8 Å². The smallest absolute Gasteiger partial charge is 0.213 e. The number of nitrogens with one attached hydrogen (secondary N) is 1. The molecule has 0 amide bonds. The third kappa shape index (κ3) is 2.48. The predicted molar refractivity (Wildman–Crippen MR) is 93.3 cm³/mol. The number of sulfonamides is 1. The first-order chi connectivity index (χ1) is 11.5. The van der Waals surface area contributed by atoms with Crippen molar-refractivity contribution in [3.8, 4) is 0 Å². The molecular weight excluding hydrogens is 326 g/mol. The van der Waals surface area contributed by atoms with Crippen molar-refractivity contribution < 1.29 is 8.42 Å². The van der Waals surface area contributed by atoms with Crippen molar-refractivity contribution in [2.75, 3.05) is 30.8 Å². The lowest BCUT2D eigenvalue weighted by molar-refractivity contribution is 0.433. The average molecular weight is 349 g/mol. The normalized spacial score (nSPS) is 27.7. The molecule has 4 rings (SSSR count). The molecule has 24 heavy (non-hydrogen) atoms. The maximum absolute atomic E-state index is 12.1. The van der Waals surface area contributed by atoms with Crippen molar-refractivity contribution in [3.63, 3.8) is 0 Å². The Balaban J connectivity index is 1.50. The van der Waals surface area contributed by atoms with E-state index < -0.39 is 10.0 Å². The topological polar surface area (TPSA) is 82.2 Å². The molecule has 3 heterocycles. The molecule has 3 atom stereocenters. The lowest BCUT2D eigenvalue weighted by Crippen LogP contribution is -2.35. The van der Waals surface area contributed by atoms with E-state index >= 15 is 0 Å². The summed E-state index contributed by atoms with van der Waals surface area (Å²) < 4.78 is 25.9. The van der Waals surface area contributed by atoms with Crippen molar-refractivity contribution in [2.24, 2.45) is 11.8 Å². The van der Waals surface area contributed by atoms with Crippen LogP contribution in [0.5, 0.6) is 0 Å². The van der Waals surface area contributed by atoms with Gasteiger partial charge in [-0.3, -0.25) is 0 Å². The number of H-pyrrole nitrogens is 1. The second-order valence-corrected chi connectivity index (χ2v) is 9.17. The largest absolute Gasteiger partial charge is 0.356 e. The Morgan fingerprint density at radius 3 is 2.67 bits per heavy atom. The van der Waals surface area contributed by atoms with E-state index in [1.807, 2.05) is 12.3 Å². The molecular formula is C16H23N5O2S. The molecule has 1 saturated heterocycles. The summed E-state index contributed by atoms with van der Waals surface area (Å²) in [7, 11) is -0.972. The maximum atomic E-state index is 12.1. The van der Waals surface area contributed by atoms with Gasteiger partial charge in [0.2, 0.25) is 10.0 Å². The first kappa shape index (κ1) is 15.8. The highest BCUT2D eigenvalue weighted by Gasteiger charge is 2.45. The second-order valence-electron chi connectivity index (χ2n) is 6.91. The highest BCUT2D eigenvalue weighted by molar-refractivity contribution is 7.89. The summed E-state index contributed by atoms with van der Waals surface area (Å²) in [4.78, 5) is 14.1. The highest BCUT2D eigenvalue weighted by atomic mass is 32.2. The van der Waals surface area contributed by atoms with Gasteiger partial charge in [0.25, 0.3) is 0 Å². The van der Waals surface area contributed by atoms with E-state index in [9.17, 15) is 8.42 Å². The molecule has 2 fully saturated rings. The second kappa shape index (κ2) is 5.70. The molecule has 2 aliphatic rings. The van der Waals surface area contributed by atoms with Crippen LogP contribution < -0.4 is 4.90 Å². The van der Waals surface area contributed by atoms with E-state index in [0.29, 0.717) is 31.0 Å². The van der Waals surface area contributed by atoms with Crippen LogP contribution in [-0.2, 0) is 10.0 Å². The van der Waals surface area contributed by atoms with Gasteiger partial charge in [-0.25, -0.2) is 22.7 Å². The molecule has 7 nitrogen and oxygen atoms in total. The number of fused-ring (bicyclic) bond motifs is 2. The lowest BCUT2D eigenvalue weighted by atomic mass is 10.0. The molecule has 1 N–H and O–H groups in total. The molecule has 1 unspecified atom stereocenters. The van der Waals surface area contributed by atoms with E-state index in [0.717, 1.165) is 29.7 Å². The Bertz CT molecular complexity index is 835. The van der Waals surface area contributed by atoms with Crippen LogP contribution in [0.15, 0.2) is 18.6 Å². The van der Waals surface area contributed by atoms with Crippen LogP contribution in [0.4, 0.5) is 5.82 Å². The SMILES string of the molecule is CCS(=O)(=O)N1C[C@H]2CC(N(C)c3ncnc4[nH]ccc34)C[C@H]2C1. The minimum absolute atomic E-state index is 0.197. The molecule has 1 saturated carbocycles. The quantitative estimate of drug-likeness (QED) is 0.903. The van der Waals surface area contributed by atoms with Crippen LogP contribution in [0, 0.1) is 11.8 Å². The predicted octanol–water partition coefficient (Wildman–Crippen LogP) is 1.45. The van der Waals surface area contributed by atoms with E-state index in [2.05, 4.69) is 26.9 Å². The molecule has 1 aliphatic heterocycles. The monoisotopic (exact) mass is 349 g/mol. The van der Waals surface area contributed by atoms with Gasteiger partial charge < -0.3 is 9.88 Å². The van der Waals surface area contributed by atoms with Crippen molar-refractivity contribution in [1.82, 2.24) is 19.3 Å². The van der Waals surface area contributed by atoms with Crippen molar-refractivity contribution in [1.29, 1.82) is 0 Å². The molecule has 0 aromatic carbocycles. The van der Waals surface area contributed by atoms with Gasteiger partial charge in [0.15, 0.2) is 0 Å². The number of rotatable bonds is 4. The zero-order chi connectivity index (χ0) is 16.9. The Kier molecular flexibility index (Phi) is 3.76. The van der Waals surface area contributed by atoms with Gasteiger partial charge in [-0.15, -0.1) is 0 Å². The van der Waals surface area contributed by atoms with E-state index in [-0.39, 0.29) is 5.75 Å². The fourth-order valence-corrected chi connectivity index (χ4v) is 5.47. The van der Waals surface area contributed by atoms with E-state index in [1.54, 1.807) is 17.6 Å². The minimum Gasteiger partial charge on any atom is -0.356 e. The number of hydrogen-bond acceptors (Lipinski definition) is 5. The lowest BCUT2D eigenvalue weighted by Gasteiger charge is -2.27. The molecule has 2 aromatic rings. The molecule has 0 radical (unpaired) electrons. The van der Waals surface area contributed by atoms with Crippen LogP contribution in [0.1, 0.15) is 19.8 Å². The molecule has 0 spiro atoms. The fourth-order valence-electron chi connectivity index (χ4n) is 4.26. The Labute approximate surface area is 142 Å². The van der Waals surface area contributed by atoms with E-state index in [4.69, 9.17) is 0 Å². The summed E-state index contributed by atoms with van der Waals surface area (Å²) in [5, 5.41) is 1.03. The number of hydrogen-bond donors (Lipinski definition) is 1. The molecule has 8 heteroatoms. The van der Waals surface area contributed by atoms with Gasteiger partial charge in [0.1, 0.15) is 17.8 Å². The molecule has 0 bridgehead atoms. The summed E-state index contributed by atoms with van der Waals surface area (Å²) in [6.07, 6.45) is 5.52. The summed E-state index contributed by atoms with van der Waals surface area (Å²) in [5.41, 5.74) is 0.852. The zero-order valence-corrected chi connectivity index (χ0v) is 14.8. The molecule has 1 aliphatic carbocycles. The number of anilines is 1. The van der Waals surface area contributed by atoms with Gasteiger partial charge >= 0.3 is 0 Å². The Morgan fingerprint density at radius 1 is 1.29 bits per heavy atom. The minimum atomic E-state index is -3.06. The molecule has 2 aromatic heterocycles. The Morgan fingerprint density at radius 2 is 2.00 bits per heavy atom. The summed E-state index contributed by atoms with van der Waals surface area (Å²) in [6, 6.07) is 2.41. The third-order valence-electron chi connectivity index (χ3n) is 5.67. The number of nitrogens with zero attached hydrogens (tertiary/aromatic N) is 4. The van der Waals surface area contributed by atoms with Crippen LogP contribution in [-0.4, -0.2) is 59.6 Å². The van der Waals surface area contributed by atoms with Crippen LogP contribution in [0.2, 0.25) is 0 Å². The maximum Gasteiger partial charge on any atom is 0.213 e. The summed E-state index contributed by atoms with van der Waals surface area (Å²) in [5.74, 6) is 2.07. The van der Waals surface area contributed by atoms with Gasteiger partial charge in [-0.05, 0) is 37.7 Å². The van der Waals surface area contributed by atoms with Crippen molar-refractivity contribution >= 4 is 26.9 Å². The third-order valence-corrected chi connectivity index (χ3v) is 7.48. The fraction of sp³-hybridized carbons (Fsp3) is 0.625. The van der Waals surface area contributed by atoms with Gasteiger partial charge in [-0.1, -0.05) is 0 Å². The van der Waals surface area contributed by atoms with E-state index in [1.165, 1.54) is 0 Å². The zero-order valence-electron chi connectivity index (χ0n) is 14.0. The Hall–Kier alpha value is -1.67. The number of aromatic amines is 1. The average Bonchev–Trinajstić information content (AvgIpc) is 3.27. The summed E-state index contributed by atoms with van der Waals surface area (Å²) in [6.45, 7) is 3.07. The van der Waals surface area contributed by atoms with Gasteiger partial charge in [0.05, 0.1) is 11.1 Å². The van der Waals surface area contributed by atoms with Crippen LogP contribution >= 0.6 is 0 Å². The van der Waals surface area contributed by atoms with Gasteiger partial charge in [-0.2, -0.15) is 0 Å². The highest BCUT2D eigenvalue weighted by Crippen LogP contribution is 2.42. The first-order valence-corrected chi connectivity index (χ1v) is 10.1. The number of aromatic nitrogens is 3. The molecule has 130 valence electrons.